The topological polar surface area (TPSA) is 78.1 Å². The highest BCUT2D eigenvalue weighted by atomic mass is 32.2. The standard InChI is InChI=1S/C23H26N4O2S/c1-30-15-10-8-14(9-11-15)18-19-16(6-5-7-17(19)28)24-21-20(18)22(29)26-23(25-21)27-12-3-2-4-13-27/h8-11,18H,2-7,12-13H2,1H3,(H2,24,25,26,29). The number of ketones is 1. The van der Waals surface area contributed by atoms with Crippen molar-refractivity contribution in [3.63, 3.8) is 0 Å². The molecule has 0 spiro atoms. The summed E-state index contributed by atoms with van der Waals surface area (Å²) in [7, 11) is 0. The fourth-order valence-corrected chi connectivity index (χ4v) is 5.24. The number of hydrogen-bond acceptors (Lipinski definition) is 6. The first kappa shape index (κ1) is 19.4. The number of anilines is 2. The molecule has 5 rings (SSSR count). The molecule has 156 valence electrons. The van der Waals surface area contributed by atoms with Gasteiger partial charge in [0.15, 0.2) is 5.78 Å². The van der Waals surface area contributed by atoms with Crippen LogP contribution >= 0.6 is 11.8 Å². The van der Waals surface area contributed by atoms with Crippen LogP contribution in [0.4, 0.5) is 11.8 Å². The summed E-state index contributed by atoms with van der Waals surface area (Å²) in [5.74, 6) is 1.000. The maximum absolute atomic E-state index is 13.3. The number of hydrogen-bond donors (Lipinski definition) is 2. The first-order valence-electron chi connectivity index (χ1n) is 10.7. The summed E-state index contributed by atoms with van der Waals surface area (Å²) < 4.78 is 0. The Morgan fingerprint density at radius 2 is 1.80 bits per heavy atom. The minimum atomic E-state index is -0.369. The number of carbonyl (C=O) groups excluding carboxylic acids is 1. The molecular weight excluding hydrogens is 396 g/mol. The summed E-state index contributed by atoms with van der Waals surface area (Å²) in [6, 6.07) is 8.18. The molecule has 1 aromatic heterocycles. The van der Waals surface area contributed by atoms with Gasteiger partial charge < -0.3 is 10.2 Å². The van der Waals surface area contributed by atoms with Gasteiger partial charge >= 0.3 is 0 Å². The van der Waals surface area contributed by atoms with Gasteiger partial charge in [0.25, 0.3) is 5.56 Å². The Morgan fingerprint density at radius 3 is 2.53 bits per heavy atom. The zero-order chi connectivity index (χ0) is 20.7. The normalized spacial score (nSPS) is 21.2. The molecule has 1 atom stereocenters. The summed E-state index contributed by atoms with van der Waals surface area (Å²) in [4.78, 5) is 37.4. The molecule has 30 heavy (non-hydrogen) atoms. The second kappa shape index (κ2) is 7.95. The van der Waals surface area contributed by atoms with E-state index < -0.39 is 0 Å². The lowest BCUT2D eigenvalue weighted by atomic mass is 9.76. The molecule has 1 fully saturated rings. The maximum Gasteiger partial charge on any atom is 0.258 e. The molecule has 1 aliphatic carbocycles. The molecule has 7 heteroatoms. The van der Waals surface area contributed by atoms with Crippen LogP contribution in [-0.2, 0) is 4.79 Å². The van der Waals surface area contributed by atoms with Crippen molar-refractivity contribution < 1.29 is 4.79 Å². The average Bonchev–Trinajstić information content (AvgIpc) is 2.78. The number of carbonyl (C=O) groups is 1. The van der Waals surface area contributed by atoms with Crippen molar-refractivity contribution in [2.45, 2.75) is 49.3 Å². The third-order valence-corrected chi connectivity index (χ3v) is 7.09. The monoisotopic (exact) mass is 422 g/mol. The molecule has 2 N–H and O–H groups in total. The van der Waals surface area contributed by atoms with Gasteiger partial charge in [0.05, 0.1) is 5.56 Å². The first-order valence-corrected chi connectivity index (χ1v) is 11.9. The quantitative estimate of drug-likeness (QED) is 0.727. The molecule has 3 aliphatic rings. The molecule has 1 unspecified atom stereocenters. The van der Waals surface area contributed by atoms with Crippen LogP contribution in [-0.4, -0.2) is 35.1 Å². The van der Waals surface area contributed by atoms with Crippen molar-refractivity contribution in [3.05, 3.63) is 57.0 Å². The minimum absolute atomic E-state index is 0.132. The van der Waals surface area contributed by atoms with Gasteiger partial charge in [-0.25, -0.2) is 0 Å². The van der Waals surface area contributed by atoms with Gasteiger partial charge in [-0.2, -0.15) is 4.98 Å². The summed E-state index contributed by atoms with van der Waals surface area (Å²) in [5.41, 5.74) is 3.04. The van der Waals surface area contributed by atoms with Crippen LogP contribution < -0.4 is 15.8 Å². The number of aromatic nitrogens is 2. The van der Waals surface area contributed by atoms with E-state index in [9.17, 15) is 9.59 Å². The van der Waals surface area contributed by atoms with E-state index >= 15 is 0 Å². The fourth-order valence-electron chi connectivity index (χ4n) is 4.83. The highest BCUT2D eigenvalue weighted by Crippen LogP contribution is 2.43. The Bertz CT molecular complexity index is 1070. The van der Waals surface area contributed by atoms with Crippen LogP contribution in [0.2, 0.25) is 0 Å². The number of fused-ring (bicyclic) bond motifs is 1. The second-order valence-electron chi connectivity index (χ2n) is 8.20. The summed E-state index contributed by atoms with van der Waals surface area (Å²) in [6.07, 6.45) is 7.67. The third kappa shape index (κ3) is 3.35. The molecule has 1 saturated heterocycles. The lowest BCUT2D eigenvalue weighted by Gasteiger charge is -2.34. The highest BCUT2D eigenvalue weighted by Gasteiger charge is 2.38. The Morgan fingerprint density at radius 1 is 1.03 bits per heavy atom. The van der Waals surface area contributed by atoms with E-state index in [2.05, 4.69) is 27.3 Å². The van der Waals surface area contributed by atoms with E-state index in [-0.39, 0.29) is 17.3 Å². The molecule has 0 amide bonds. The zero-order valence-electron chi connectivity index (χ0n) is 17.2. The van der Waals surface area contributed by atoms with Crippen LogP contribution in [0.25, 0.3) is 0 Å². The number of rotatable bonds is 3. The van der Waals surface area contributed by atoms with Crippen LogP contribution in [0.15, 0.2) is 45.2 Å². The van der Waals surface area contributed by atoms with E-state index in [0.717, 1.165) is 60.5 Å². The number of nitrogens with one attached hydrogen (secondary N) is 2. The SMILES string of the molecule is CSc1ccc(C2C3=C(CCCC3=O)Nc3nc(N4CCCCC4)[nH]c(=O)c32)cc1. The summed E-state index contributed by atoms with van der Waals surface area (Å²) >= 11 is 1.68. The second-order valence-corrected chi connectivity index (χ2v) is 9.08. The Labute approximate surface area is 180 Å². The molecule has 6 nitrogen and oxygen atoms in total. The average molecular weight is 423 g/mol. The van der Waals surface area contributed by atoms with Crippen LogP contribution in [0.1, 0.15) is 55.6 Å². The lowest BCUT2D eigenvalue weighted by molar-refractivity contribution is -0.116. The molecule has 1 aromatic carbocycles. The molecular formula is C23H26N4O2S. The molecule has 2 aliphatic heterocycles. The Balaban J connectivity index is 1.65. The molecule has 0 radical (unpaired) electrons. The Hall–Kier alpha value is -2.54. The van der Waals surface area contributed by atoms with Crippen molar-refractivity contribution in [2.24, 2.45) is 0 Å². The molecule has 2 aromatic rings. The summed E-state index contributed by atoms with van der Waals surface area (Å²) in [5, 5.41) is 3.37. The zero-order valence-corrected chi connectivity index (χ0v) is 18.0. The van der Waals surface area contributed by atoms with Gasteiger partial charge in [0, 0.05) is 41.6 Å². The highest BCUT2D eigenvalue weighted by molar-refractivity contribution is 7.98. The van der Waals surface area contributed by atoms with Gasteiger partial charge in [-0.05, 0) is 56.1 Å². The number of H-pyrrole nitrogens is 1. The number of Topliss-reactive ketones (excluding diaryl/α,β-unsaturated/α-hetero) is 1. The number of aromatic amines is 1. The fraction of sp³-hybridized carbons (Fsp3) is 0.435. The predicted molar refractivity (Wildman–Crippen MR) is 120 cm³/mol. The van der Waals surface area contributed by atoms with Gasteiger partial charge in [-0.15, -0.1) is 11.8 Å². The van der Waals surface area contributed by atoms with Crippen molar-refractivity contribution in [1.82, 2.24) is 9.97 Å². The van der Waals surface area contributed by atoms with Crippen LogP contribution in [0, 0.1) is 0 Å². The Kier molecular flexibility index (Phi) is 5.15. The van der Waals surface area contributed by atoms with Crippen LogP contribution in [0.5, 0.6) is 0 Å². The number of thioether (sulfide) groups is 1. The smallest absolute Gasteiger partial charge is 0.258 e. The number of nitrogens with zero attached hydrogens (tertiary/aromatic N) is 2. The van der Waals surface area contributed by atoms with E-state index in [4.69, 9.17) is 4.98 Å². The van der Waals surface area contributed by atoms with Gasteiger partial charge in [0.1, 0.15) is 5.82 Å². The summed E-state index contributed by atoms with van der Waals surface area (Å²) in [6.45, 7) is 1.82. The first-order chi connectivity index (χ1) is 14.7. The molecule has 3 heterocycles. The third-order valence-electron chi connectivity index (χ3n) is 6.35. The van der Waals surface area contributed by atoms with Crippen molar-refractivity contribution in [2.75, 3.05) is 29.6 Å². The van der Waals surface area contributed by atoms with Crippen LogP contribution in [0.3, 0.4) is 0 Å². The van der Waals surface area contributed by atoms with E-state index in [1.165, 1.54) is 6.42 Å². The number of piperidine rings is 1. The van der Waals surface area contributed by atoms with Crippen molar-refractivity contribution >= 4 is 29.3 Å². The lowest BCUT2D eigenvalue weighted by Crippen LogP contribution is -2.36. The van der Waals surface area contributed by atoms with Crippen molar-refractivity contribution in [1.29, 1.82) is 0 Å². The van der Waals surface area contributed by atoms with E-state index in [1.807, 2.05) is 18.4 Å². The van der Waals surface area contributed by atoms with Crippen molar-refractivity contribution in [3.8, 4) is 0 Å². The van der Waals surface area contributed by atoms with Gasteiger partial charge in [-0.3, -0.25) is 14.6 Å². The molecule has 0 bridgehead atoms. The van der Waals surface area contributed by atoms with E-state index in [0.29, 0.717) is 23.8 Å². The minimum Gasteiger partial charge on any atom is -0.343 e. The predicted octanol–water partition coefficient (Wildman–Crippen LogP) is 4.05. The largest absolute Gasteiger partial charge is 0.343 e. The van der Waals surface area contributed by atoms with E-state index in [1.54, 1.807) is 11.8 Å². The number of benzene rings is 1. The maximum atomic E-state index is 13.3. The molecule has 0 saturated carbocycles. The van der Waals surface area contributed by atoms with Gasteiger partial charge in [0.2, 0.25) is 5.95 Å². The van der Waals surface area contributed by atoms with Gasteiger partial charge in [-0.1, -0.05) is 12.1 Å². The number of allylic oxidation sites excluding steroid dienone is 2.